The van der Waals surface area contributed by atoms with Crippen LogP contribution in [0.15, 0.2) is 108 Å². The molecule has 1 N–H and O–H groups in total. The van der Waals surface area contributed by atoms with Crippen molar-refractivity contribution in [1.82, 2.24) is 10.2 Å². The molecule has 0 aliphatic heterocycles. The highest BCUT2D eigenvalue weighted by atomic mass is 35.5. The van der Waals surface area contributed by atoms with Crippen LogP contribution in [0.2, 0.25) is 10.0 Å². The molecule has 4 aromatic rings. The number of para-hydroxylation sites is 1. The average molecular weight is 667 g/mol. The molecule has 10 heteroatoms. The first kappa shape index (κ1) is 34.0. The third-order valence-electron chi connectivity index (χ3n) is 7.08. The molecule has 1 unspecified atom stereocenters. The lowest BCUT2D eigenvalue weighted by molar-refractivity contribution is -0.140. The van der Waals surface area contributed by atoms with Gasteiger partial charge >= 0.3 is 0 Å². The van der Waals surface area contributed by atoms with E-state index in [9.17, 15) is 18.0 Å². The van der Waals surface area contributed by atoms with E-state index in [-0.39, 0.29) is 34.5 Å². The van der Waals surface area contributed by atoms with E-state index >= 15 is 0 Å². The van der Waals surface area contributed by atoms with Crippen LogP contribution in [0, 0.1) is 6.92 Å². The maximum absolute atomic E-state index is 14.5. The fourth-order valence-electron chi connectivity index (χ4n) is 4.82. The summed E-state index contributed by atoms with van der Waals surface area (Å²) >= 11 is 13.1. The molecule has 1 atom stereocenters. The van der Waals surface area contributed by atoms with Gasteiger partial charge in [0.1, 0.15) is 12.6 Å². The molecule has 4 aromatic carbocycles. The van der Waals surface area contributed by atoms with Crippen LogP contribution in [0.3, 0.4) is 0 Å². The van der Waals surface area contributed by atoms with Crippen LogP contribution >= 0.6 is 23.2 Å². The van der Waals surface area contributed by atoms with Crippen molar-refractivity contribution in [3.05, 3.63) is 130 Å². The first-order valence-electron chi connectivity index (χ1n) is 14.5. The Balaban J connectivity index is 1.84. The lowest BCUT2D eigenvalue weighted by Crippen LogP contribution is -2.56. The Morgan fingerprint density at radius 3 is 1.98 bits per heavy atom. The van der Waals surface area contributed by atoms with E-state index in [0.29, 0.717) is 10.6 Å². The Hall–Kier alpha value is -3.85. The molecule has 45 heavy (non-hydrogen) atoms. The van der Waals surface area contributed by atoms with Crippen molar-refractivity contribution in [3.8, 4) is 0 Å². The minimum Gasteiger partial charge on any atom is -0.350 e. The van der Waals surface area contributed by atoms with Gasteiger partial charge in [0, 0.05) is 23.5 Å². The molecule has 4 rings (SSSR count). The minimum atomic E-state index is -4.26. The summed E-state index contributed by atoms with van der Waals surface area (Å²) in [6.07, 6.45) is 0.190. The third-order valence-corrected chi connectivity index (χ3v) is 9.54. The zero-order valence-corrected chi connectivity index (χ0v) is 28.0. The first-order valence-corrected chi connectivity index (χ1v) is 16.7. The van der Waals surface area contributed by atoms with Gasteiger partial charge in [-0.05, 0) is 69.2 Å². The molecule has 0 aliphatic carbocycles. The van der Waals surface area contributed by atoms with Gasteiger partial charge in [0.25, 0.3) is 10.0 Å². The summed E-state index contributed by atoms with van der Waals surface area (Å²) in [6.45, 7) is 6.79. The highest BCUT2D eigenvalue weighted by Gasteiger charge is 2.36. The summed E-state index contributed by atoms with van der Waals surface area (Å²) < 4.78 is 29.3. The highest BCUT2D eigenvalue weighted by Crippen LogP contribution is 2.31. The van der Waals surface area contributed by atoms with E-state index in [1.807, 2.05) is 58.0 Å². The highest BCUT2D eigenvalue weighted by molar-refractivity contribution is 7.92. The van der Waals surface area contributed by atoms with Gasteiger partial charge in [-0.1, -0.05) is 102 Å². The van der Waals surface area contributed by atoms with E-state index < -0.39 is 34.1 Å². The zero-order valence-electron chi connectivity index (χ0n) is 25.7. The van der Waals surface area contributed by atoms with E-state index in [2.05, 4.69) is 5.32 Å². The van der Waals surface area contributed by atoms with Crippen LogP contribution in [0.25, 0.3) is 0 Å². The van der Waals surface area contributed by atoms with Gasteiger partial charge in [-0.15, -0.1) is 0 Å². The Labute approximate surface area is 275 Å². The van der Waals surface area contributed by atoms with Crippen LogP contribution in [0.5, 0.6) is 0 Å². The molecule has 7 nitrogen and oxygen atoms in total. The molecule has 2 amide bonds. The largest absolute Gasteiger partial charge is 0.350 e. The molecule has 0 spiro atoms. The van der Waals surface area contributed by atoms with Crippen molar-refractivity contribution in [2.75, 3.05) is 10.8 Å². The quantitative estimate of drug-likeness (QED) is 0.186. The van der Waals surface area contributed by atoms with Crippen molar-refractivity contribution in [1.29, 1.82) is 0 Å². The standard InChI is InChI=1S/C35H37Cl2N3O4S/c1-25-18-20-28(21-19-25)45(43,44)40(31-17-11-10-16-30(31)37)24-33(41)39(23-27-14-8-9-15-29(27)36)32(34(42)38-35(2,3)4)22-26-12-6-5-7-13-26/h5-21,32H,22-24H2,1-4H3,(H,38,42). The van der Waals surface area contributed by atoms with E-state index in [4.69, 9.17) is 23.2 Å². The number of rotatable bonds is 11. The van der Waals surface area contributed by atoms with E-state index in [1.54, 1.807) is 60.7 Å². The van der Waals surface area contributed by atoms with Gasteiger partial charge in [0.15, 0.2) is 0 Å². The summed E-state index contributed by atoms with van der Waals surface area (Å²) in [4.78, 5) is 29.9. The molecule has 0 saturated carbocycles. The molecule has 0 heterocycles. The molecule has 0 radical (unpaired) electrons. The second-order valence-electron chi connectivity index (χ2n) is 11.8. The van der Waals surface area contributed by atoms with Gasteiger partial charge in [-0.3, -0.25) is 13.9 Å². The minimum absolute atomic E-state index is 0.00443. The molecule has 0 fully saturated rings. The van der Waals surface area contributed by atoms with E-state index in [1.165, 1.54) is 17.0 Å². The molecule has 0 aromatic heterocycles. The molecule has 0 bridgehead atoms. The number of benzene rings is 4. The number of carbonyl (C=O) groups excluding carboxylic acids is 2. The fraction of sp³-hybridized carbons (Fsp3) is 0.257. The summed E-state index contributed by atoms with van der Waals surface area (Å²) in [5, 5.41) is 3.59. The second-order valence-corrected chi connectivity index (χ2v) is 14.5. The van der Waals surface area contributed by atoms with Crippen LogP contribution in [-0.4, -0.2) is 43.3 Å². The van der Waals surface area contributed by atoms with Crippen molar-refractivity contribution < 1.29 is 18.0 Å². The maximum Gasteiger partial charge on any atom is 0.264 e. The number of carbonyl (C=O) groups is 2. The smallest absolute Gasteiger partial charge is 0.264 e. The van der Waals surface area contributed by atoms with E-state index in [0.717, 1.165) is 15.4 Å². The number of aryl methyl sites for hydroxylation is 1. The van der Waals surface area contributed by atoms with Gasteiger partial charge in [0.05, 0.1) is 15.6 Å². The first-order chi connectivity index (χ1) is 21.3. The van der Waals surface area contributed by atoms with Crippen molar-refractivity contribution in [3.63, 3.8) is 0 Å². The number of nitrogens with one attached hydrogen (secondary N) is 1. The van der Waals surface area contributed by atoms with Crippen LogP contribution in [0.4, 0.5) is 5.69 Å². The molecular formula is C35H37Cl2N3O4S. The van der Waals surface area contributed by atoms with Crippen LogP contribution in [0.1, 0.15) is 37.5 Å². The summed E-state index contributed by atoms with van der Waals surface area (Å²) in [5.41, 5.74) is 1.88. The number of hydrogen-bond acceptors (Lipinski definition) is 4. The number of hydrogen-bond donors (Lipinski definition) is 1. The van der Waals surface area contributed by atoms with Crippen molar-refractivity contribution in [2.45, 2.75) is 57.1 Å². The lowest BCUT2D eigenvalue weighted by Gasteiger charge is -2.35. The Morgan fingerprint density at radius 1 is 0.800 bits per heavy atom. The number of anilines is 1. The normalized spacial score (nSPS) is 12.3. The Morgan fingerprint density at radius 2 is 1.38 bits per heavy atom. The fourth-order valence-corrected chi connectivity index (χ4v) is 6.74. The average Bonchev–Trinajstić information content (AvgIpc) is 2.98. The summed E-state index contributed by atoms with van der Waals surface area (Å²) in [5.74, 6) is -0.979. The maximum atomic E-state index is 14.5. The summed E-state index contributed by atoms with van der Waals surface area (Å²) in [6, 6.07) is 28.2. The molecule has 236 valence electrons. The lowest BCUT2D eigenvalue weighted by atomic mass is 10.0. The second kappa shape index (κ2) is 14.5. The van der Waals surface area contributed by atoms with Crippen molar-refractivity contribution in [2.24, 2.45) is 0 Å². The molecule has 0 saturated heterocycles. The van der Waals surface area contributed by atoms with Gasteiger partial charge in [-0.2, -0.15) is 0 Å². The Kier molecular flexibility index (Phi) is 11.0. The SMILES string of the molecule is Cc1ccc(S(=O)(=O)N(CC(=O)N(Cc2ccccc2Cl)C(Cc2ccccc2)C(=O)NC(C)(C)C)c2ccccc2Cl)cc1. The molecular weight excluding hydrogens is 629 g/mol. The third kappa shape index (κ3) is 8.87. The van der Waals surface area contributed by atoms with Crippen molar-refractivity contribution >= 4 is 50.7 Å². The topological polar surface area (TPSA) is 86.8 Å². The monoisotopic (exact) mass is 665 g/mol. The summed E-state index contributed by atoms with van der Waals surface area (Å²) in [7, 11) is -4.26. The number of amides is 2. The van der Waals surface area contributed by atoms with Gasteiger partial charge in [0.2, 0.25) is 11.8 Å². The molecule has 0 aliphatic rings. The van der Waals surface area contributed by atoms with Gasteiger partial charge < -0.3 is 10.2 Å². The van der Waals surface area contributed by atoms with Crippen LogP contribution in [-0.2, 0) is 32.6 Å². The predicted octanol–water partition coefficient (Wildman–Crippen LogP) is 7.05. The number of sulfonamides is 1. The Bertz CT molecular complexity index is 1740. The van der Waals surface area contributed by atoms with Crippen LogP contribution < -0.4 is 9.62 Å². The number of nitrogens with zero attached hydrogens (tertiary/aromatic N) is 2. The number of halogens is 2. The zero-order chi connectivity index (χ0) is 32.8. The van der Waals surface area contributed by atoms with Gasteiger partial charge in [-0.25, -0.2) is 8.42 Å². The predicted molar refractivity (Wildman–Crippen MR) is 181 cm³/mol.